The highest BCUT2D eigenvalue weighted by Crippen LogP contribution is 2.24. The number of piperidine rings is 1. The quantitative estimate of drug-likeness (QED) is 0.763. The van der Waals surface area contributed by atoms with Gasteiger partial charge in [-0.05, 0) is 55.3 Å². The van der Waals surface area contributed by atoms with Gasteiger partial charge in [0.05, 0.1) is 14.9 Å². The van der Waals surface area contributed by atoms with Gasteiger partial charge in [0.2, 0.25) is 10.0 Å². The van der Waals surface area contributed by atoms with Crippen LogP contribution in [0.3, 0.4) is 0 Å². The number of carbonyl (C=O) groups excluding carboxylic acids is 1. The third-order valence-electron chi connectivity index (χ3n) is 4.39. The van der Waals surface area contributed by atoms with Gasteiger partial charge in [0.25, 0.3) is 5.91 Å². The van der Waals surface area contributed by atoms with Crippen molar-refractivity contribution in [2.45, 2.75) is 23.8 Å². The molecular formula is C18H17Cl3N2O3S. The van der Waals surface area contributed by atoms with E-state index in [9.17, 15) is 13.2 Å². The third kappa shape index (κ3) is 4.95. The highest BCUT2D eigenvalue weighted by atomic mass is 35.5. The minimum atomic E-state index is -3.62. The molecule has 0 atom stereocenters. The van der Waals surface area contributed by atoms with Crippen molar-refractivity contribution in [3.05, 3.63) is 63.1 Å². The van der Waals surface area contributed by atoms with E-state index < -0.39 is 10.0 Å². The summed E-state index contributed by atoms with van der Waals surface area (Å²) >= 11 is 17.7. The monoisotopic (exact) mass is 446 g/mol. The molecule has 0 saturated carbocycles. The van der Waals surface area contributed by atoms with Crippen LogP contribution in [-0.2, 0) is 10.0 Å². The smallest absolute Gasteiger partial charge is 0.253 e. The normalized spacial score (nSPS) is 15.7. The van der Waals surface area contributed by atoms with Crippen LogP contribution in [-0.4, -0.2) is 38.4 Å². The molecular weight excluding hydrogens is 431 g/mol. The lowest BCUT2D eigenvalue weighted by Gasteiger charge is -2.32. The van der Waals surface area contributed by atoms with E-state index in [0.717, 1.165) is 0 Å². The van der Waals surface area contributed by atoms with Crippen LogP contribution in [0.2, 0.25) is 15.1 Å². The van der Waals surface area contributed by atoms with E-state index in [1.165, 1.54) is 24.3 Å². The van der Waals surface area contributed by atoms with Gasteiger partial charge in [-0.3, -0.25) is 4.79 Å². The van der Waals surface area contributed by atoms with Gasteiger partial charge in [-0.25, -0.2) is 13.1 Å². The number of sulfonamides is 1. The molecule has 2 aromatic carbocycles. The predicted octanol–water partition coefficient (Wildman–Crippen LogP) is 4.23. The molecule has 0 bridgehead atoms. The molecule has 1 aliphatic heterocycles. The molecule has 1 fully saturated rings. The van der Waals surface area contributed by atoms with Crippen molar-refractivity contribution in [1.29, 1.82) is 0 Å². The summed E-state index contributed by atoms with van der Waals surface area (Å²) < 4.78 is 27.6. The fourth-order valence-corrected chi connectivity index (χ4v) is 4.64. The number of rotatable bonds is 4. The Balaban J connectivity index is 1.60. The van der Waals surface area contributed by atoms with Gasteiger partial charge in [-0.15, -0.1) is 0 Å². The summed E-state index contributed by atoms with van der Waals surface area (Å²) in [6.07, 6.45) is 1.06. The van der Waals surface area contributed by atoms with Crippen molar-refractivity contribution in [3.8, 4) is 0 Å². The number of hydrogen-bond donors (Lipinski definition) is 1. The van der Waals surface area contributed by atoms with Gasteiger partial charge in [0, 0.05) is 29.7 Å². The topological polar surface area (TPSA) is 66.5 Å². The van der Waals surface area contributed by atoms with Gasteiger partial charge in [-0.1, -0.05) is 34.8 Å². The van der Waals surface area contributed by atoms with E-state index in [0.29, 0.717) is 46.6 Å². The number of amides is 1. The Hall–Kier alpha value is -1.31. The van der Waals surface area contributed by atoms with Crippen LogP contribution >= 0.6 is 34.8 Å². The molecule has 3 rings (SSSR count). The van der Waals surface area contributed by atoms with Gasteiger partial charge >= 0.3 is 0 Å². The van der Waals surface area contributed by atoms with Gasteiger partial charge in [0.15, 0.2) is 0 Å². The highest BCUT2D eigenvalue weighted by molar-refractivity contribution is 7.89. The lowest BCUT2D eigenvalue weighted by Crippen LogP contribution is -2.46. The Labute approximate surface area is 173 Å². The molecule has 2 aromatic rings. The van der Waals surface area contributed by atoms with Gasteiger partial charge < -0.3 is 4.90 Å². The van der Waals surface area contributed by atoms with Crippen molar-refractivity contribution in [2.24, 2.45) is 0 Å². The van der Waals surface area contributed by atoms with Gasteiger partial charge in [-0.2, -0.15) is 0 Å². The molecule has 1 aliphatic rings. The summed E-state index contributed by atoms with van der Waals surface area (Å²) in [6.45, 7) is 0.903. The summed E-state index contributed by atoms with van der Waals surface area (Å²) in [5.41, 5.74) is 0.463. The van der Waals surface area contributed by atoms with E-state index in [-0.39, 0.29) is 16.8 Å². The second kappa shape index (κ2) is 8.37. The number of carbonyl (C=O) groups is 1. The summed E-state index contributed by atoms with van der Waals surface area (Å²) in [4.78, 5) is 14.4. The molecule has 0 radical (unpaired) electrons. The summed E-state index contributed by atoms with van der Waals surface area (Å²) in [5.74, 6) is -0.146. The molecule has 5 nitrogen and oxygen atoms in total. The van der Waals surface area contributed by atoms with Crippen LogP contribution in [0, 0.1) is 0 Å². The Morgan fingerprint density at radius 2 is 1.59 bits per heavy atom. The minimum absolute atomic E-state index is 0.146. The van der Waals surface area contributed by atoms with Crippen LogP contribution < -0.4 is 4.72 Å². The first kappa shape index (κ1) is 20.4. The molecule has 1 saturated heterocycles. The fraction of sp³-hybridized carbons (Fsp3) is 0.278. The maximum Gasteiger partial charge on any atom is 0.253 e. The molecule has 1 N–H and O–H groups in total. The maximum atomic E-state index is 12.6. The summed E-state index contributed by atoms with van der Waals surface area (Å²) in [7, 11) is -3.62. The van der Waals surface area contributed by atoms with Crippen molar-refractivity contribution in [2.75, 3.05) is 13.1 Å². The molecule has 0 aromatic heterocycles. The fourth-order valence-electron chi connectivity index (χ4n) is 2.91. The van der Waals surface area contributed by atoms with Crippen LogP contribution in [0.25, 0.3) is 0 Å². The SMILES string of the molecule is O=C(c1ccc(Cl)c(Cl)c1)N1CCC(NS(=O)(=O)c2ccc(Cl)cc2)CC1. The van der Waals surface area contributed by atoms with Crippen molar-refractivity contribution in [1.82, 2.24) is 9.62 Å². The van der Waals surface area contributed by atoms with Crippen molar-refractivity contribution < 1.29 is 13.2 Å². The zero-order valence-corrected chi connectivity index (χ0v) is 17.2. The standard InChI is InChI=1S/C18H17Cl3N2O3S/c19-13-2-4-15(5-3-13)27(25,26)22-14-7-9-23(10-8-14)18(24)12-1-6-16(20)17(21)11-12/h1-6,11,14,22H,7-10H2. The molecule has 144 valence electrons. The van der Waals surface area contributed by atoms with E-state index in [2.05, 4.69) is 4.72 Å². The van der Waals surface area contributed by atoms with E-state index in [1.54, 1.807) is 23.1 Å². The first-order valence-corrected chi connectivity index (χ1v) is 10.9. The predicted molar refractivity (Wildman–Crippen MR) is 107 cm³/mol. The minimum Gasteiger partial charge on any atom is -0.339 e. The zero-order chi connectivity index (χ0) is 19.6. The zero-order valence-electron chi connectivity index (χ0n) is 14.2. The van der Waals surface area contributed by atoms with Gasteiger partial charge in [0.1, 0.15) is 0 Å². The Morgan fingerprint density at radius 1 is 0.963 bits per heavy atom. The Bertz CT molecular complexity index is 941. The average Bonchev–Trinajstić information content (AvgIpc) is 2.64. The third-order valence-corrected chi connectivity index (χ3v) is 6.92. The number of nitrogens with zero attached hydrogens (tertiary/aromatic N) is 1. The second-order valence-corrected chi connectivity index (χ2v) is 9.24. The summed E-state index contributed by atoms with van der Waals surface area (Å²) in [6, 6.07) is 10.5. The highest BCUT2D eigenvalue weighted by Gasteiger charge is 2.27. The maximum absolute atomic E-state index is 12.6. The molecule has 0 aliphatic carbocycles. The molecule has 1 heterocycles. The van der Waals surface area contributed by atoms with Crippen LogP contribution in [0.15, 0.2) is 47.4 Å². The second-order valence-electron chi connectivity index (χ2n) is 6.27. The van der Waals surface area contributed by atoms with E-state index in [4.69, 9.17) is 34.8 Å². The number of hydrogen-bond acceptors (Lipinski definition) is 3. The average molecular weight is 448 g/mol. The number of likely N-dealkylation sites (tertiary alicyclic amines) is 1. The van der Waals surface area contributed by atoms with Crippen molar-refractivity contribution >= 4 is 50.7 Å². The molecule has 1 amide bonds. The number of benzene rings is 2. The number of halogens is 3. The molecule has 0 unspecified atom stereocenters. The van der Waals surface area contributed by atoms with E-state index >= 15 is 0 Å². The number of nitrogens with one attached hydrogen (secondary N) is 1. The first-order valence-electron chi connectivity index (χ1n) is 8.28. The molecule has 27 heavy (non-hydrogen) atoms. The first-order chi connectivity index (χ1) is 12.8. The lowest BCUT2D eigenvalue weighted by molar-refractivity contribution is 0.0711. The molecule has 9 heteroatoms. The van der Waals surface area contributed by atoms with Crippen LogP contribution in [0.1, 0.15) is 23.2 Å². The Morgan fingerprint density at radius 3 is 2.19 bits per heavy atom. The van der Waals surface area contributed by atoms with Crippen LogP contribution in [0.5, 0.6) is 0 Å². The largest absolute Gasteiger partial charge is 0.339 e. The van der Waals surface area contributed by atoms with E-state index in [1.807, 2.05) is 0 Å². The van der Waals surface area contributed by atoms with Crippen molar-refractivity contribution in [3.63, 3.8) is 0 Å². The lowest BCUT2D eigenvalue weighted by atomic mass is 10.0. The molecule has 0 spiro atoms. The Kier molecular flexibility index (Phi) is 6.33. The summed E-state index contributed by atoms with van der Waals surface area (Å²) in [5, 5.41) is 1.19. The van der Waals surface area contributed by atoms with Crippen LogP contribution in [0.4, 0.5) is 0 Å².